The highest BCUT2D eigenvalue weighted by Crippen LogP contribution is 2.27. The predicted octanol–water partition coefficient (Wildman–Crippen LogP) is 2.08. The van der Waals surface area contributed by atoms with Crippen LogP contribution in [0.15, 0.2) is 0 Å². The zero-order valence-corrected chi connectivity index (χ0v) is 11.2. The number of hydrogen-bond donors (Lipinski definition) is 2. The molecular weight excluding hydrogens is 214 g/mol. The van der Waals surface area contributed by atoms with Gasteiger partial charge in [0.2, 0.25) is 0 Å². The Hall–Kier alpha value is -0.120. The van der Waals surface area contributed by atoms with Gasteiger partial charge in [0.05, 0.1) is 12.2 Å². The molecule has 4 unspecified atom stereocenters. The van der Waals surface area contributed by atoms with E-state index in [1.165, 1.54) is 25.7 Å². The van der Waals surface area contributed by atoms with Crippen molar-refractivity contribution in [3.05, 3.63) is 0 Å². The summed E-state index contributed by atoms with van der Waals surface area (Å²) >= 11 is 0. The molecule has 1 aliphatic heterocycles. The van der Waals surface area contributed by atoms with Crippen molar-refractivity contribution in [1.82, 2.24) is 5.32 Å². The van der Waals surface area contributed by atoms with Gasteiger partial charge >= 0.3 is 0 Å². The molecule has 2 N–H and O–H groups in total. The number of hydrogen-bond acceptors (Lipinski definition) is 3. The van der Waals surface area contributed by atoms with Gasteiger partial charge in [0, 0.05) is 18.7 Å². The summed E-state index contributed by atoms with van der Waals surface area (Å²) in [5.74, 6) is 0.470. The van der Waals surface area contributed by atoms with Crippen molar-refractivity contribution >= 4 is 0 Å². The van der Waals surface area contributed by atoms with E-state index in [1.54, 1.807) is 0 Å². The molecule has 4 atom stereocenters. The second-order valence-corrected chi connectivity index (χ2v) is 5.93. The summed E-state index contributed by atoms with van der Waals surface area (Å²) in [4.78, 5) is 0. The van der Waals surface area contributed by atoms with Gasteiger partial charge in [-0.2, -0.15) is 0 Å². The fourth-order valence-corrected chi connectivity index (χ4v) is 3.49. The average molecular weight is 241 g/mol. The lowest BCUT2D eigenvalue weighted by atomic mass is 9.84. The van der Waals surface area contributed by atoms with Crippen LogP contribution in [0.3, 0.4) is 0 Å². The van der Waals surface area contributed by atoms with E-state index in [9.17, 15) is 5.11 Å². The Bertz CT molecular complexity index is 224. The average Bonchev–Trinajstić information content (AvgIpc) is 2.28. The number of ether oxygens (including phenoxy) is 1. The van der Waals surface area contributed by atoms with E-state index in [-0.39, 0.29) is 0 Å². The maximum absolute atomic E-state index is 9.43. The molecule has 3 nitrogen and oxygen atoms in total. The SMILES string of the molecule is CC1CC(NC2CCCCC2CO)CC(C)O1. The molecule has 3 heteroatoms. The molecule has 0 spiro atoms. The Morgan fingerprint density at radius 3 is 2.41 bits per heavy atom. The van der Waals surface area contributed by atoms with Gasteiger partial charge in [-0.05, 0) is 45.4 Å². The highest BCUT2D eigenvalue weighted by atomic mass is 16.5. The molecule has 17 heavy (non-hydrogen) atoms. The van der Waals surface area contributed by atoms with Gasteiger partial charge < -0.3 is 15.2 Å². The molecule has 0 aromatic heterocycles. The smallest absolute Gasteiger partial charge is 0.0565 e. The third-order valence-electron chi connectivity index (χ3n) is 4.29. The Labute approximate surface area is 105 Å². The summed E-state index contributed by atoms with van der Waals surface area (Å²) in [5.41, 5.74) is 0. The van der Waals surface area contributed by atoms with Gasteiger partial charge in [-0.15, -0.1) is 0 Å². The van der Waals surface area contributed by atoms with Crippen molar-refractivity contribution < 1.29 is 9.84 Å². The molecule has 0 aromatic carbocycles. The van der Waals surface area contributed by atoms with Crippen LogP contribution < -0.4 is 5.32 Å². The molecule has 0 amide bonds. The quantitative estimate of drug-likeness (QED) is 0.795. The van der Waals surface area contributed by atoms with Gasteiger partial charge in [0.25, 0.3) is 0 Å². The number of rotatable bonds is 3. The Kier molecular flexibility index (Phi) is 4.83. The monoisotopic (exact) mass is 241 g/mol. The lowest BCUT2D eigenvalue weighted by Gasteiger charge is -2.38. The molecule has 2 rings (SSSR count). The largest absolute Gasteiger partial charge is 0.396 e. The summed E-state index contributed by atoms with van der Waals surface area (Å²) in [7, 11) is 0. The number of nitrogens with one attached hydrogen (secondary N) is 1. The Morgan fingerprint density at radius 2 is 1.76 bits per heavy atom. The highest BCUT2D eigenvalue weighted by Gasteiger charge is 2.30. The van der Waals surface area contributed by atoms with Crippen LogP contribution in [0.5, 0.6) is 0 Å². The van der Waals surface area contributed by atoms with Gasteiger partial charge in [-0.25, -0.2) is 0 Å². The summed E-state index contributed by atoms with van der Waals surface area (Å²) < 4.78 is 5.77. The standard InChI is InChI=1S/C14H27NO2/c1-10-7-13(8-11(2)17-10)15-14-6-4-3-5-12(14)9-16/h10-16H,3-9H2,1-2H3. The zero-order chi connectivity index (χ0) is 12.3. The minimum absolute atomic E-state index is 0.339. The lowest BCUT2D eigenvalue weighted by Crippen LogP contribution is -2.49. The fraction of sp³-hybridized carbons (Fsp3) is 1.00. The molecular formula is C14H27NO2. The summed E-state index contributed by atoms with van der Waals surface area (Å²) in [6.07, 6.45) is 7.96. The second-order valence-electron chi connectivity index (χ2n) is 5.93. The van der Waals surface area contributed by atoms with Crippen molar-refractivity contribution in [1.29, 1.82) is 0 Å². The normalized spacial score (nSPS) is 43.6. The second kappa shape index (κ2) is 6.17. The van der Waals surface area contributed by atoms with Crippen LogP contribution in [0.1, 0.15) is 52.4 Å². The summed E-state index contributed by atoms with van der Waals surface area (Å²) in [6.45, 7) is 4.66. The third kappa shape index (κ3) is 3.67. The molecule has 1 saturated heterocycles. The van der Waals surface area contributed by atoms with Crippen molar-refractivity contribution in [2.24, 2.45) is 5.92 Å². The van der Waals surface area contributed by atoms with Gasteiger partial charge in [-0.1, -0.05) is 12.8 Å². The van der Waals surface area contributed by atoms with Crippen molar-refractivity contribution in [2.45, 2.75) is 76.7 Å². The van der Waals surface area contributed by atoms with E-state index in [2.05, 4.69) is 19.2 Å². The first kappa shape index (κ1) is 13.3. The first-order chi connectivity index (χ1) is 8.19. The first-order valence-electron chi connectivity index (χ1n) is 7.21. The third-order valence-corrected chi connectivity index (χ3v) is 4.29. The van der Waals surface area contributed by atoms with Crippen LogP contribution in [0.2, 0.25) is 0 Å². The minimum atomic E-state index is 0.339. The molecule has 2 fully saturated rings. The Morgan fingerprint density at radius 1 is 1.12 bits per heavy atom. The molecule has 0 aromatic rings. The van der Waals surface area contributed by atoms with E-state index >= 15 is 0 Å². The van der Waals surface area contributed by atoms with Crippen LogP contribution in [0.4, 0.5) is 0 Å². The van der Waals surface area contributed by atoms with Crippen molar-refractivity contribution in [3.63, 3.8) is 0 Å². The van der Waals surface area contributed by atoms with Gasteiger partial charge in [0.15, 0.2) is 0 Å². The van der Waals surface area contributed by atoms with Crippen LogP contribution in [-0.4, -0.2) is 36.0 Å². The minimum Gasteiger partial charge on any atom is -0.396 e. The van der Waals surface area contributed by atoms with E-state index in [1.807, 2.05) is 0 Å². The molecule has 1 heterocycles. The van der Waals surface area contributed by atoms with Crippen LogP contribution >= 0.6 is 0 Å². The maximum Gasteiger partial charge on any atom is 0.0565 e. The molecule has 1 saturated carbocycles. The van der Waals surface area contributed by atoms with Gasteiger partial charge in [-0.3, -0.25) is 0 Å². The summed E-state index contributed by atoms with van der Waals surface area (Å²) in [5, 5.41) is 13.2. The topological polar surface area (TPSA) is 41.5 Å². The molecule has 2 aliphatic rings. The van der Waals surface area contributed by atoms with Crippen molar-refractivity contribution in [2.75, 3.05) is 6.61 Å². The van der Waals surface area contributed by atoms with Crippen molar-refractivity contribution in [3.8, 4) is 0 Å². The van der Waals surface area contributed by atoms with Crippen LogP contribution in [-0.2, 0) is 4.74 Å². The molecule has 0 bridgehead atoms. The van der Waals surface area contributed by atoms with E-state index in [0.29, 0.717) is 36.8 Å². The maximum atomic E-state index is 9.43. The predicted molar refractivity (Wildman–Crippen MR) is 69.0 cm³/mol. The molecule has 1 aliphatic carbocycles. The van der Waals surface area contributed by atoms with E-state index in [4.69, 9.17) is 4.74 Å². The number of aliphatic hydroxyl groups excluding tert-OH is 1. The Balaban J connectivity index is 1.85. The lowest BCUT2D eigenvalue weighted by molar-refractivity contribution is -0.0458. The van der Waals surface area contributed by atoms with Crippen LogP contribution in [0.25, 0.3) is 0 Å². The zero-order valence-electron chi connectivity index (χ0n) is 11.2. The van der Waals surface area contributed by atoms with E-state index in [0.717, 1.165) is 12.8 Å². The van der Waals surface area contributed by atoms with E-state index < -0.39 is 0 Å². The van der Waals surface area contributed by atoms with Crippen LogP contribution in [0, 0.1) is 5.92 Å². The highest BCUT2D eigenvalue weighted by molar-refractivity contribution is 4.86. The molecule has 100 valence electrons. The van der Waals surface area contributed by atoms with Gasteiger partial charge in [0.1, 0.15) is 0 Å². The summed E-state index contributed by atoms with van der Waals surface area (Å²) in [6, 6.07) is 1.10. The molecule has 0 radical (unpaired) electrons. The first-order valence-corrected chi connectivity index (χ1v) is 7.21. The number of aliphatic hydroxyl groups is 1. The fourth-order valence-electron chi connectivity index (χ4n) is 3.49.